The maximum absolute atomic E-state index is 10.8. The van der Waals surface area contributed by atoms with Gasteiger partial charge in [0.05, 0.1) is 12.2 Å². The molecule has 0 spiro atoms. The summed E-state index contributed by atoms with van der Waals surface area (Å²) in [6, 6.07) is 0. The summed E-state index contributed by atoms with van der Waals surface area (Å²) in [5.41, 5.74) is 0. The third-order valence-corrected chi connectivity index (χ3v) is 3.65. The Kier molecular flexibility index (Phi) is 9.44. The summed E-state index contributed by atoms with van der Waals surface area (Å²) in [5.74, 6) is 11.2. The molecular weight excluding hydrogens is 276 g/mol. The van der Waals surface area contributed by atoms with Crippen LogP contribution in [-0.2, 0) is 14.3 Å². The molecule has 1 saturated heterocycles. The van der Waals surface area contributed by atoms with E-state index in [0.29, 0.717) is 18.6 Å². The molecule has 1 aliphatic heterocycles. The zero-order chi connectivity index (χ0) is 16.2. The molecule has 3 nitrogen and oxygen atoms in total. The Bertz CT molecular complexity index is 447. The van der Waals surface area contributed by atoms with Gasteiger partial charge in [0.15, 0.2) is 6.10 Å². The van der Waals surface area contributed by atoms with Gasteiger partial charge in [0.25, 0.3) is 0 Å². The molecule has 3 heteroatoms. The van der Waals surface area contributed by atoms with Crippen LogP contribution in [0, 0.1) is 23.7 Å². The van der Waals surface area contributed by atoms with Crippen LogP contribution in [0.4, 0.5) is 0 Å². The average molecular weight is 304 g/mol. The molecule has 0 aromatic carbocycles. The number of ether oxygens (including phenoxy) is 2. The zero-order valence-electron chi connectivity index (χ0n) is 14.1. The first-order valence-corrected chi connectivity index (χ1v) is 8.48. The monoisotopic (exact) mass is 304 g/mol. The number of esters is 1. The fourth-order valence-corrected chi connectivity index (χ4v) is 2.29. The molecule has 0 aliphatic carbocycles. The Morgan fingerprint density at radius 3 is 2.59 bits per heavy atom. The molecule has 1 heterocycles. The summed E-state index contributed by atoms with van der Waals surface area (Å²) >= 11 is 0. The van der Waals surface area contributed by atoms with Gasteiger partial charge >= 0.3 is 5.97 Å². The molecule has 0 unspecified atom stereocenters. The third-order valence-electron chi connectivity index (χ3n) is 3.65. The molecule has 0 amide bonds. The van der Waals surface area contributed by atoms with E-state index in [0.717, 1.165) is 12.8 Å². The van der Waals surface area contributed by atoms with E-state index in [1.165, 1.54) is 39.0 Å². The summed E-state index contributed by atoms with van der Waals surface area (Å²) in [6.07, 6.45) is 9.49. The van der Waals surface area contributed by atoms with E-state index < -0.39 is 0 Å². The molecule has 1 aliphatic rings. The Morgan fingerprint density at radius 2 is 1.91 bits per heavy atom. The molecule has 0 N–H and O–H groups in total. The average Bonchev–Trinajstić information content (AvgIpc) is 3.23. The van der Waals surface area contributed by atoms with Gasteiger partial charge in [-0.25, -0.2) is 0 Å². The minimum atomic E-state index is -0.347. The van der Waals surface area contributed by atoms with Gasteiger partial charge < -0.3 is 9.47 Å². The largest absolute Gasteiger partial charge is 0.449 e. The molecule has 0 aromatic rings. The van der Waals surface area contributed by atoms with Gasteiger partial charge in [-0.15, -0.1) is 0 Å². The van der Waals surface area contributed by atoms with Crippen molar-refractivity contribution < 1.29 is 14.3 Å². The van der Waals surface area contributed by atoms with Crippen molar-refractivity contribution in [1.82, 2.24) is 0 Å². The van der Waals surface area contributed by atoms with E-state index >= 15 is 0 Å². The summed E-state index contributed by atoms with van der Waals surface area (Å²) in [4.78, 5) is 10.8. The number of rotatable bonds is 9. The smallest absolute Gasteiger partial charge is 0.303 e. The molecule has 0 bridgehead atoms. The Morgan fingerprint density at radius 1 is 1.14 bits per heavy atom. The molecule has 0 aromatic heterocycles. The molecule has 0 saturated carbocycles. The third kappa shape index (κ3) is 8.75. The minimum absolute atomic E-state index is 0.302. The van der Waals surface area contributed by atoms with Crippen LogP contribution in [0.1, 0.15) is 72.1 Å². The first kappa shape index (κ1) is 18.6. The molecule has 122 valence electrons. The number of hydrogen-bond acceptors (Lipinski definition) is 3. The lowest BCUT2D eigenvalue weighted by atomic mass is 10.1. The van der Waals surface area contributed by atoms with Crippen molar-refractivity contribution in [3.63, 3.8) is 0 Å². The highest BCUT2D eigenvalue weighted by Gasteiger charge is 2.36. The van der Waals surface area contributed by atoms with Crippen LogP contribution in [0.15, 0.2) is 0 Å². The van der Waals surface area contributed by atoms with Crippen molar-refractivity contribution in [3.8, 4) is 23.7 Å². The summed E-state index contributed by atoms with van der Waals surface area (Å²) in [5, 5.41) is 0. The number of unbranched alkanes of at least 4 members (excludes halogenated alkanes) is 4. The normalized spacial score (nSPS) is 20.1. The standard InChI is InChI=1S/C19H28O3/c1-4-6-7-8-11-14-18-19(22-18)15-12-9-10-13-17(5-2)21-16(3)20/h17-19H,4-8,11,14-15H2,1-3H3/t17-,18-,19-/m1/s1. The van der Waals surface area contributed by atoms with E-state index in [4.69, 9.17) is 9.47 Å². The van der Waals surface area contributed by atoms with E-state index in [9.17, 15) is 4.79 Å². The quantitative estimate of drug-likeness (QED) is 0.281. The maximum Gasteiger partial charge on any atom is 0.303 e. The maximum atomic E-state index is 10.8. The lowest BCUT2D eigenvalue weighted by Gasteiger charge is -2.06. The Labute approximate surface area is 135 Å². The fourth-order valence-electron chi connectivity index (χ4n) is 2.29. The van der Waals surface area contributed by atoms with Crippen LogP contribution < -0.4 is 0 Å². The SMILES string of the molecule is CCCCCCC[C@H]1O[C@@H]1CC#CC#C[C@@H](CC)OC(C)=O. The highest BCUT2D eigenvalue weighted by atomic mass is 16.6. The molecule has 3 atom stereocenters. The van der Waals surface area contributed by atoms with Crippen molar-refractivity contribution >= 4 is 5.97 Å². The molecule has 0 radical (unpaired) electrons. The summed E-state index contributed by atoms with van der Waals surface area (Å²) < 4.78 is 10.6. The van der Waals surface area contributed by atoms with Crippen LogP contribution in [-0.4, -0.2) is 24.3 Å². The van der Waals surface area contributed by atoms with Crippen LogP contribution in [0.5, 0.6) is 0 Å². The van der Waals surface area contributed by atoms with Gasteiger partial charge in [-0.3, -0.25) is 4.79 Å². The summed E-state index contributed by atoms with van der Waals surface area (Å²) in [6.45, 7) is 5.55. The second kappa shape index (κ2) is 11.2. The van der Waals surface area contributed by atoms with Crippen LogP contribution in [0.2, 0.25) is 0 Å². The summed E-state index contributed by atoms with van der Waals surface area (Å²) in [7, 11) is 0. The van der Waals surface area contributed by atoms with Gasteiger partial charge in [0.1, 0.15) is 0 Å². The minimum Gasteiger partial charge on any atom is -0.449 e. The molecule has 1 rings (SSSR count). The second-order valence-corrected chi connectivity index (χ2v) is 5.70. The van der Waals surface area contributed by atoms with E-state index in [2.05, 4.69) is 30.6 Å². The van der Waals surface area contributed by atoms with Crippen LogP contribution in [0.3, 0.4) is 0 Å². The van der Waals surface area contributed by atoms with Crippen LogP contribution in [0.25, 0.3) is 0 Å². The predicted octanol–water partition coefficient (Wildman–Crippen LogP) is 3.85. The Balaban J connectivity index is 2.12. The second-order valence-electron chi connectivity index (χ2n) is 5.70. The molecule has 1 fully saturated rings. The van der Waals surface area contributed by atoms with Gasteiger partial charge in [-0.2, -0.15) is 0 Å². The fraction of sp³-hybridized carbons (Fsp3) is 0.737. The van der Waals surface area contributed by atoms with Crippen molar-refractivity contribution in [1.29, 1.82) is 0 Å². The first-order chi connectivity index (χ1) is 10.7. The Hall–Kier alpha value is -1.45. The van der Waals surface area contributed by atoms with E-state index in [1.54, 1.807) is 0 Å². The zero-order valence-corrected chi connectivity index (χ0v) is 14.1. The number of carbonyl (C=O) groups is 1. The molecular formula is C19H28O3. The van der Waals surface area contributed by atoms with Gasteiger partial charge in [-0.1, -0.05) is 51.9 Å². The van der Waals surface area contributed by atoms with Crippen molar-refractivity contribution in [2.24, 2.45) is 0 Å². The van der Waals surface area contributed by atoms with Crippen molar-refractivity contribution in [3.05, 3.63) is 0 Å². The molecule has 22 heavy (non-hydrogen) atoms. The lowest BCUT2D eigenvalue weighted by molar-refractivity contribution is -0.143. The number of hydrogen-bond donors (Lipinski definition) is 0. The number of carbonyl (C=O) groups excluding carboxylic acids is 1. The predicted molar refractivity (Wildman–Crippen MR) is 88.1 cm³/mol. The van der Waals surface area contributed by atoms with Crippen LogP contribution >= 0.6 is 0 Å². The van der Waals surface area contributed by atoms with Gasteiger partial charge in [-0.05, 0) is 30.6 Å². The van der Waals surface area contributed by atoms with Gasteiger partial charge in [0, 0.05) is 13.3 Å². The topological polar surface area (TPSA) is 38.8 Å². The lowest BCUT2D eigenvalue weighted by Crippen LogP contribution is -2.12. The highest BCUT2D eigenvalue weighted by molar-refractivity contribution is 5.66. The van der Waals surface area contributed by atoms with Crippen molar-refractivity contribution in [2.45, 2.75) is 90.4 Å². The first-order valence-electron chi connectivity index (χ1n) is 8.48. The van der Waals surface area contributed by atoms with E-state index in [-0.39, 0.29) is 12.1 Å². The van der Waals surface area contributed by atoms with Crippen molar-refractivity contribution in [2.75, 3.05) is 0 Å². The number of epoxide rings is 1. The highest BCUT2D eigenvalue weighted by Crippen LogP contribution is 2.29. The van der Waals surface area contributed by atoms with E-state index in [1.807, 2.05) is 6.92 Å². The van der Waals surface area contributed by atoms with Gasteiger partial charge in [0.2, 0.25) is 0 Å².